The van der Waals surface area contributed by atoms with Crippen LogP contribution in [0.15, 0.2) is 34.3 Å². The second-order valence-electron chi connectivity index (χ2n) is 8.69. The highest BCUT2D eigenvalue weighted by molar-refractivity contribution is 7.89. The lowest BCUT2D eigenvalue weighted by atomic mass is 9.70. The zero-order valence-electron chi connectivity index (χ0n) is 17.8. The van der Waals surface area contributed by atoms with Crippen LogP contribution in [0.25, 0.3) is 0 Å². The van der Waals surface area contributed by atoms with E-state index in [9.17, 15) is 18.0 Å². The highest BCUT2D eigenvalue weighted by atomic mass is 32.2. The van der Waals surface area contributed by atoms with E-state index in [0.29, 0.717) is 5.92 Å². The first-order valence-corrected chi connectivity index (χ1v) is 11.6. The highest BCUT2D eigenvalue weighted by Gasteiger charge is 2.60. The molecule has 0 saturated heterocycles. The predicted molar refractivity (Wildman–Crippen MR) is 112 cm³/mol. The Morgan fingerprint density at radius 3 is 2.60 bits per heavy atom. The van der Waals surface area contributed by atoms with Gasteiger partial charge in [0.1, 0.15) is 0 Å². The first-order chi connectivity index (χ1) is 14.0. The summed E-state index contributed by atoms with van der Waals surface area (Å²) in [7, 11) is -3.69. The van der Waals surface area contributed by atoms with Gasteiger partial charge in [0.15, 0.2) is 6.61 Å². The zero-order chi connectivity index (χ0) is 22.2. The van der Waals surface area contributed by atoms with Crippen LogP contribution in [0, 0.1) is 16.7 Å². The monoisotopic (exact) mass is 435 g/mol. The highest BCUT2D eigenvalue weighted by Crippen LogP contribution is 2.63. The Kier molecular flexibility index (Phi) is 6.06. The molecule has 0 aliphatic heterocycles. The summed E-state index contributed by atoms with van der Waals surface area (Å²) in [5.41, 5.74) is 3.67. The van der Waals surface area contributed by atoms with Gasteiger partial charge in [-0.1, -0.05) is 33.8 Å². The van der Waals surface area contributed by atoms with E-state index in [4.69, 9.17) is 4.74 Å². The molecule has 30 heavy (non-hydrogen) atoms. The minimum absolute atomic E-state index is 0.0277. The van der Waals surface area contributed by atoms with Gasteiger partial charge in [0.25, 0.3) is 5.91 Å². The van der Waals surface area contributed by atoms with Gasteiger partial charge in [0, 0.05) is 17.7 Å². The van der Waals surface area contributed by atoms with Gasteiger partial charge < -0.3 is 4.74 Å². The fourth-order valence-electron chi connectivity index (χ4n) is 4.54. The fourth-order valence-corrected chi connectivity index (χ4v) is 5.62. The lowest BCUT2D eigenvalue weighted by molar-refractivity contribution is -0.124. The van der Waals surface area contributed by atoms with Crippen molar-refractivity contribution in [2.24, 2.45) is 21.8 Å². The number of hydrazone groups is 1. The van der Waals surface area contributed by atoms with Crippen LogP contribution in [-0.4, -0.2) is 39.2 Å². The average Bonchev–Trinajstić information content (AvgIpc) is 3.04. The Labute approximate surface area is 177 Å². The summed E-state index contributed by atoms with van der Waals surface area (Å²) < 4.78 is 31.5. The zero-order valence-corrected chi connectivity index (χ0v) is 18.6. The van der Waals surface area contributed by atoms with Crippen LogP contribution < -0.4 is 10.1 Å². The number of carbonyl (C=O) groups is 2. The first kappa shape index (κ1) is 22.4. The summed E-state index contributed by atoms with van der Waals surface area (Å²) in [4.78, 5) is 24.3. The Bertz CT molecular complexity index is 986. The largest absolute Gasteiger partial charge is 0.452 e. The topological polar surface area (TPSA) is 114 Å². The number of nitrogens with zero attached hydrogens (tertiary/aromatic N) is 1. The number of hydrogen-bond acceptors (Lipinski definition) is 6. The Hall–Kier alpha value is -2.26. The molecule has 2 fully saturated rings. The molecule has 2 unspecified atom stereocenters. The maximum Gasteiger partial charge on any atom is 0.338 e. The molecule has 2 atom stereocenters. The molecule has 2 aliphatic carbocycles. The Balaban J connectivity index is 1.58. The van der Waals surface area contributed by atoms with E-state index in [2.05, 4.69) is 36.0 Å². The van der Waals surface area contributed by atoms with Crippen molar-refractivity contribution in [3.8, 4) is 0 Å². The molecule has 8 nitrogen and oxygen atoms in total. The van der Waals surface area contributed by atoms with E-state index in [1.54, 1.807) is 6.92 Å². The van der Waals surface area contributed by atoms with Crippen LogP contribution in [0.5, 0.6) is 0 Å². The van der Waals surface area contributed by atoms with E-state index >= 15 is 0 Å². The number of benzene rings is 1. The molecule has 0 radical (unpaired) electrons. The van der Waals surface area contributed by atoms with Crippen molar-refractivity contribution in [3.05, 3.63) is 29.8 Å². The number of sulfonamides is 1. The predicted octanol–water partition coefficient (Wildman–Crippen LogP) is 2.46. The summed E-state index contributed by atoms with van der Waals surface area (Å²) in [6.45, 7) is 8.09. The molecule has 1 aromatic rings. The third kappa shape index (κ3) is 4.00. The Morgan fingerprint density at radius 1 is 1.27 bits per heavy atom. The van der Waals surface area contributed by atoms with E-state index in [-0.39, 0.29) is 27.8 Å². The van der Waals surface area contributed by atoms with Crippen LogP contribution in [0.4, 0.5) is 0 Å². The van der Waals surface area contributed by atoms with Gasteiger partial charge in [-0.25, -0.2) is 23.4 Å². The minimum atomic E-state index is -3.69. The van der Waals surface area contributed by atoms with Crippen LogP contribution in [0.1, 0.15) is 57.3 Å². The summed E-state index contributed by atoms with van der Waals surface area (Å²) in [5.74, 6) is -0.738. The molecular formula is C21H29N3O5S. The van der Waals surface area contributed by atoms with Crippen molar-refractivity contribution in [1.82, 2.24) is 10.1 Å². The quantitative estimate of drug-likeness (QED) is 0.504. The standard InChI is InChI=1S/C21H29N3O5S/c1-5-22-30(27,28)16-8-6-7-14(11-16)19(26)29-13-18(25)24-23-17-12-15-9-10-21(17,4)20(15,2)3/h6-8,11,15,22H,5,9-10,12-13H2,1-4H3,(H,24,25)/b23-17-. The number of carbonyl (C=O) groups excluding carboxylic acids is 2. The van der Waals surface area contributed by atoms with Gasteiger partial charge in [-0.3, -0.25) is 4.79 Å². The number of nitrogens with one attached hydrogen (secondary N) is 2. The van der Waals surface area contributed by atoms with Crippen molar-refractivity contribution in [1.29, 1.82) is 0 Å². The average molecular weight is 436 g/mol. The van der Waals surface area contributed by atoms with Gasteiger partial charge in [0.2, 0.25) is 10.0 Å². The van der Waals surface area contributed by atoms with Crippen molar-refractivity contribution in [2.45, 2.75) is 51.9 Å². The number of ether oxygens (including phenoxy) is 1. The SMILES string of the molecule is CCNS(=O)(=O)c1cccc(C(=O)OCC(=O)N/N=C2/CC3CCC2(C)C3(C)C)c1. The molecule has 0 spiro atoms. The summed E-state index contributed by atoms with van der Waals surface area (Å²) in [6, 6.07) is 5.49. The number of amides is 1. The van der Waals surface area contributed by atoms with E-state index < -0.39 is 28.5 Å². The van der Waals surface area contributed by atoms with Gasteiger partial charge in [-0.05, 0) is 48.8 Å². The van der Waals surface area contributed by atoms with E-state index in [1.807, 2.05) is 0 Å². The molecule has 1 amide bonds. The summed E-state index contributed by atoms with van der Waals surface area (Å²) in [5, 5.41) is 4.33. The van der Waals surface area contributed by atoms with E-state index in [1.165, 1.54) is 30.7 Å². The van der Waals surface area contributed by atoms with Gasteiger partial charge in [-0.15, -0.1) is 0 Å². The molecule has 0 heterocycles. The maximum atomic E-state index is 12.2. The van der Waals surface area contributed by atoms with Crippen molar-refractivity contribution in [2.75, 3.05) is 13.2 Å². The molecule has 9 heteroatoms. The second kappa shape index (κ2) is 8.11. The van der Waals surface area contributed by atoms with Gasteiger partial charge >= 0.3 is 5.97 Å². The smallest absolute Gasteiger partial charge is 0.338 e. The van der Waals surface area contributed by atoms with E-state index in [0.717, 1.165) is 18.6 Å². The van der Waals surface area contributed by atoms with Crippen molar-refractivity contribution >= 4 is 27.6 Å². The molecule has 164 valence electrons. The third-order valence-electron chi connectivity index (χ3n) is 6.88. The molecule has 2 aliphatic rings. The number of fused-ring (bicyclic) bond motifs is 2. The summed E-state index contributed by atoms with van der Waals surface area (Å²) >= 11 is 0. The lowest BCUT2D eigenvalue weighted by Gasteiger charge is -2.34. The summed E-state index contributed by atoms with van der Waals surface area (Å²) in [6.07, 6.45) is 3.10. The molecule has 2 saturated carbocycles. The second-order valence-corrected chi connectivity index (χ2v) is 10.5. The third-order valence-corrected chi connectivity index (χ3v) is 8.42. The normalized spacial score (nSPS) is 26.0. The molecular weight excluding hydrogens is 406 g/mol. The maximum absolute atomic E-state index is 12.2. The molecule has 1 aromatic carbocycles. The van der Waals surface area contributed by atoms with Crippen LogP contribution >= 0.6 is 0 Å². The van der Waals surface area contributed by atoms with Crippen LogP contribution in [-0.2, 0) is 19.6 Å². The molecule has 3 rings (SSSR count). The van der Waals surface area contributed by atoms with Crippen LogP contribution in [0.2, 0.25) is 0 Å². The molecule has 2 bridgehead atoms. The number of hydrogen-bond donors (Lipinski definition) is 2. The van der Waals surface area contributed by atoms with Crippen LogP contribution in [0.3, 0.4) is 0 Å². The molecule has 2 N–H and O–H groups in total. The minimum Gasteiger partial charge on any atom is -0.452 e. The first-order valence-electron chi connectivity index (χ1n) is 10.1. The van der Waals surface area contributed by atoms with Gasteiger partial charge in [0.05, 0.1) is 10.5 Å². The number of esters is 1. The van der Waals surface area contributed by atoms with Crippen molar-refractivity contribution < 1.29 is 22.7 Å². The fraction of sp³-hybridized carbons (Fsp3) is 0.571. The number of rotatable bonds is 7. The lowest BCUT2D eigenvalue weighted by Crippen LogP contribution is -2.34. The van der Waals surface area contributed by atoms with Crippen molar-refractivity contribution in [3.63, 3.8) is 0 Å². The van der Waals surface area contributed by atoms with Gasteiger partial charge in [-0.2, -0.15) is 5.10 Å². The Morgan fingerprint density at radius 2 is 2.00 bits per heavy atom. The molecule has 0 aromatic heterocycles.